The summed E-state index contributed by atoms with van der Waals surface area (Å²) < 4.78 is 0. The first-order valence-corrected chi connectivity index (χ1v) is 7.11. The topological polar surface area (TPSA) is 0 Å². The Bertz CT molecular complexity index is 128. The zero-order chi connectivity index (χ0) is 11.7. The van der Waals surface area contributed by atoms with E-state index in [0.29, 0.717) is 0 Å². The molecule has 0 heterocycles. The van der Waals surface area contributed by atoms with E-state index in [1.807, 2.05) is 0 Å². The standard InChI is InChI=1S/C15H32/c1-6-8-10-13(3)11-9-12-15(5)14(4)7-2/h13-15H,6-12H2,1-5H3. The van der Waals surface area contributed by atoms with Crippen molar-refractivity contribution in [3.63, 3.8) is 0 Å². The fourth-order valence-electron chi connectivity index (χ4n) is 2.17. The molecule has 0 heteroatoms. The molecular weight excluding hydrogens is 180 g/mol. The molecule has 0 nitrogen and oxygen atoms in total. The van der Waals surface area contributed by atoms with Gasteiger partial charge in [-0.1, -0.05) is 79.6 Å². The molecule has 0 aromatic rings. The Morgan fingerprint density at radius 3 is 1.87 bits per heavy atom. The molecule has 0 aliphatic rings. The zero-order valence-corrected chi connectivity index (χ0v) is 11.7. The molecule has 0 amide bonds. The van der Waals surface area contributed by atoms with Crippen LogP contribution in [-0.2, 0) is 0 Å². The summed E-state index contributed by atoms with van der Waals surface area (Å²) in [7, 11) is 0. The second kappa shape index (κ2) is 9.24. The summed E-state index contributed by atoms with van der Waals surface area (Å²) in [6, 6.07) is 0. The SMILES string of the molecule is CCCCC(C)CCCC(C)C(C)CC. The Morgan fingerprint density at radius 2 is 1.33 bits per heavy atom. The summed E-state index contributed by atoms with van der Waals surface area (Å²) in [5.41, 5.74) is 0. The highest BCUT2D eigenvalue weighted by atomic mass is 14.2. The third-order valence-electron chi connectivity index (χ3n) is 4.02. The first kappa shape index (κ1) is 15.0. The molecule has 0 saturated heterocycles. The van der Waals surface area contributed by atoms with Crippen molar-refractivity contribution < 1.29 is 0 Å². The van der Waals surface area contributed by atoms with Crippen LogP contribution in [0.2, 0.25) is 0 Å². The van der Waals surface area contributed by atoms with Crippen LogP contribution in [0.25, 0.3) is 0 Å². The molecule has 0 spiro atoms. The van der Waals surface area contributed by atoms with Crippen molar-refractivity contribution in [2.75, 3.05) is 0 Å². The number of rotatable bonds is 9. The Hall–Kier alpha value is 0. The highest BCUT2D eigenvalue weighted by Crippen LogP contribution is 2.23. The Kier molecular flexibility index (Phi) is 9.24. The molecule has 0 bridgehead atoms. The van der Waals surface area contributed by atoms with Crippen molar-refractivity contribution in [2.45, 2.75) is 79.6 Å². The van der Waals surface area contributed by atoms with Gasteiger partial charge in [-0.3, -0.25) is 0 Å². The number of unbranched alkanes of at least 4 members (excludes halogenated alkanes) is 1. The third-order valence-corrected chi connectivity index (χ3v) is 4.02. The molecule has 0 saturated carbocycles. The van der Waals surface area contributed by atoms with Gasteiger partial charge in [0.15, 0.2) is 0 Å². The Balaban J connectivity index is 3.43. The van der Waals surface area contributed by atoms with Gasteiger partial charge >= 0.3 is 0 Å². The van der Waals surface area contributed by atoms with Crippen LogP contribution < -0.4 is 0 Å². The molecule has 0 aliphatic carbocycles. The van der Waals surface area contributed by atoms with E-state index in [-0.39, 0.29) is 0 Å². The van der Waals surface area contributed by atoms with Gasteiger partial charge in [0.25, 0.3) is 0 Å². The average Bonchev–Trinajstić information content (AvgIpc) is 2.24. The average molecular weight is 212 g/mol. The van der Waals surface area contributed by atoms with Crippen molar-refractivity contribution in [3.8, 4) is 0 Å². The van der Waals surface area contributed by atoms with Crippen molar-refractivity contribution >= 4 is 0 Å². The van der Waals surface area contributed by atoms with Crippen molar-refractivity contribution in [1.29, 1.82) is 0 Å². The van der Waals surface area contributed by atoms with E-state index in [1.165, 1.54) is 44.9 Å². The van der Waals surface area contributed by atoms with Gasteiger partial charge in [0.2, 0.25) is 0 Å². The van der Waals surface area contributed by atoms with Gasteiger partial charge in [0.1, 0.15) is 0 Å². The fourth-order valence-corrected chi connectivity index (χ4v) is 2.17. The molecule has 0 N–H and O–H groups in total. The lowest BCUT2D eigenvalue weighted by Crippen LogP contribution is -2.07. The summed E-state index contributed by atoms with van der Waals surface area (Å²) >= 11 is 0. The third kappa shape index (κ3) is 7.88. The fraction of sp³-hybridized carbons (Fsp3) is 1.00. The van der Waals surface area contributed by atoms with Gasteiger partial charge < -0.3 is 0 Å². The summed E-state index contributed by atoms with van der Waals surface area (Å²) in [4.78, 5) is 0. The monoisotopic (exact) mass is 212 g/mol. The van der Waals surface area contributed by atoms with Crippen LogP contribution >= 0.6 is 0 Å². The van der Waals surface area contributed by atoms with E-state index < -0.39 is 0 Å². The first-order valence-electron chi connectivity index (χ1n) is 7.11. The molecule has 0 rings (SSSR count). The van der Waals surface area contributed by atoms with Crippen LogP contribution in [0.1, 0.15) is 79.6 Å². The second-order valence-corrected chi connectivity index (χ2v) is 5.54. The molecule has 0 aromatic carbocycles. The zero-order valence-electron chi connectivity index (χ0n) is 11.7. The largest absolute Gasteiger partial charge is 0.0654 e. The molecule has 0 aromatic heterocycles. The number of hydrogen-bond donors (Lipinski definition) is 0. The van der Waals surface area contributed by atoms with Gasteiger partial charge in [-0.25, -0.2) is 0 Å². The second-order valence-electron chi connectivity index (χ2n) is 5.54. The van der Waals surface area contributed by atoms with Gasteiger partial charge in [-0.05, 0) is 17.8 Å². The van der Waals surface area contributed by atoms with Crippen LogP contribution in [0.4, 0.5) is 0 Å². The molecule has 15 heavy (non-hydrogen) atoms. The van der Waals surface area contributed by atoms with E-state index in [2.05, 4.69) is 34.6 Å². The van der Waals surface area contributed by atoms with Gasteiger partial charge in [-0.15, -0.1) is 0 Å². The highest BCUT2D eigenvalue weighted by Gasteiger charge is 2.10. The van der Waals surface area contributed by atoms with Crippen LogP contribution in [0.15, 0.2) is 0 Å². The minimum absolute atomic E-state index is 0.913. The molecule has 92 valence electrons. The van der Waals surface area contributed by atoms with Crippen LogP contribution in [0.5, 0.6) is 0 Å². The molecule has 0 fully saturated rings. The van der Waals surface area contributed by atoms with Crippen molar-refractivity contribution in [3.05, 3.63) is 0 Å². The van der Waals surface area contributed by atoms with Crippen LogP contribution in [0.3, 0.4) is 0 Å². The molecule has 3 unspecified atom stereocenters. The van der Waals surface area contributed by atoms with E-state index in [0.717, 1.165) is 17.8 Å². The van der Waals surface area contributed by atoms with Gasteiger partial charge in [0.05, 0.1) is 0 Å². The maximum atomic E-state index is 2.42. The summed E-state index contributed by atoms with van der Waals surface area (Å²) in [5.74, 6) is 2.79. The van der Waals surface area contributed by atoms with E-state index >= 15 is 0 Å². The molecule has 0 radical (unpaired) electrons. The van der Waals surface area contributed by atoms with Gasteiger partial charge in [0, 0.05) is 0 Å². The quantitative estimate of drug-likeness (QED) is 0.462. The lowest BCUT2D eigenvalue weighted by atomic mass is 9.87. The number of hydrogen-bond acceptors (Lipinski definition) is 0. The Labute approximate surface area is 97.8 Å². The Morgan fingerprint density at radius 1 is 0.733 bits per heavy atom. The predicted octanol–water partition coefficient (Wildman–Crippen LogP) is 5.67. The lowest BCUT2D eigenvalue weighted by Gasteiger charge is -2.19. The van der Waals surface area contributed by atoms with Crippen molar-refractivity contribution in [1.82, 2.24) is 0 Å². The minimum Gasteiger partial charge on any atom is -0.0654 e. The summed E-state index contributed by atoms with van der Waals surface area (Å²) in [6.07, 6.45) is 9.87. The maximum Gasteiger partial charge on any atom is -0.0417 e. The van der Waals surface area contributed by atoms with E-state index in [4.69, 9.17) is 0 Å². The lowest BCUT2D eigenvalue weighted by molar-refractivity contribution is 0.329. The molecule has 3 atom stereocenters. The molecular formula is C15H32. The van der Waals surface area contributed by atoms with E-state index in [1.54, 1.807) is 0 Å². The van der Waals surface area contributed by atoms with Crippen LogP contribution in [-0.4, -0.2) is 0 Å². The molecule has 0 aliphatic heterocycles. The van der Waals surface area contributed by atoms with Crippen LogP contribution in [0, 0.1) is 17.8 Å². The first-order chi connectivity index (χ1) is 7.11. The van der Waals surface area contributed by atoms with Gasteiger partial charge in [-0.2, -0.15) is 0 Å². The normalized spacial score (nSPS) is 17.4. The van der Waals surface area contributed by atoms with Crippen molar-refractivity contribution in [2.24, 2.45) is 17.8 Å². The highest BCUT2D eigenvalue weighted by molar-refractivity contribution is 4.62. The predicted molar refractivity (Wildman–Crippen MR) is 71.2 cm³/mol. The minimum atomic E-state index is 0.913. The van der Waals surface area contributed by atoms with E-state index in [9.17, 15) is 0 Å². The summed E-state index contributed by atoms with van der Waals surface area (Å²) in [5, 5.41) is 0. The smallest absolute Gasteiger partial charge is 0.0417 e. The summed E-state index contributed by atoms with van der Waals surface area (Å²) in [6.45, 7) is 11.8. The maximum absolute atomic E-state index is 2.42.